The molecule has 0 amide bonds. The van der Waals surface area contributed by atoms with Crippen LogP contribution in [0.5, 0.6) is 11.5 Å². The highest BCUT2D eigenvalue weighted by molar-refractivity contribution is 5.83. The van der Waals surface area contributed by atoms with Crippen molar-refractivity contribution in [2.75, 3.05) is 27.7 Å². The summed E-state index contributed by atoms with van der Waals surface area (Å²) in [6.45, 7) is 0.656. The number of phenols is 1. The molecule has 0 saturated heterocycles. The molecule has 0 aliphatic rings. The van der Waals surface area contributed by atoms with E-state index < -0.39 is 0 Å². The van der Waals surface area contributed by atoms with E-state index in [1.54, 1.807) is 25.5 Å². The second-order valence-electron chi connectivity index (χ2n) is 5.46. The molecule has 2 rings (SSSR count). The van der Waals surface area contributed by atoms with Crippen LogP contribution in [0, 0.1) is 0 Å². The van der Waals surface area contributed by atoms with Gasteiger partial charge in [-0.3, -0.25) is 4.99 Å². The quantitative estimate of drug-likeness (QED) is 0.798. The zero-order valence-corrected chi connectivity index (χ0v) is 13.3. The fourth-order valence-corrected chi connectivity index (χ4v) is 2.31. The van der Waals surface area contributed by atoms with E-state index in [2.05, 4.69) is 31.2 Å². The number of ether oxygens (including phenoxy) is 1. The van der Waals surface area contributed by atoms with Crippen LogP contribution in [-0.4, -0.2) is 39.1 Å². The molecule has 2 aromatic rings. The van der Waals surface area contributed by atoms with E-state index in [4.69, 9.17) is 4.74 Å². The van der Waals surface area contributed by atoms with Crippen LogP contribution in [0.4, 0.5) is 0 Å². The largest absolute Gasteiger partial charge is 0.507 e. The number of hydrogen-bond donors (Lipinski definition) is 2. The molecule has 4 heteroatoms. The zero-order chi connectivity index (χ0) is 15.9. The average Bonchev–Trinajstić information content (AvgIpc) is 2.53. The Bertz CT molecular complexity index is 621. The summed E-state index contributed by atoms with van der Waals surface area (Å²) in [7, 11) is 5.90. The molecule has 0 bridgehead atoms. The van der Waals surface area contributed by atoms with Crippen molar-refractivity contribution in [3.05, 3.63) is 59.7 Å². The Labute approximate surface area is 131 Å². The minimum absolute atomic E-state index is 0.254. The van der Waals surface area contributed by atoms with Gasteiger partial charge in [-0.25, -0.2) is 0 Å². The lowest BCUT2D eigenvalue weighted by Crippen LogP contribution is -3.06. The first-order valence-corrected chi connectivity index (χ1v) is 7.33. The predicted molar refractivity (Wildman–Crippen MR) is 89.1 cm³/mol. The Hall–Kier alpha value is -2.33. The van der Waals surface area contributed by atoms with E-state index in [9.17, 15) is 5.11 Å². The first-order chi connectivity index (χ1) is 10.6. The first-order valence-electron chi connectivity index (χ1n) is 7.33. The summed E-state index contributed by atoms with van der Waals surface area (Å²) in [5, 5.41) is 9.75. The lowest BCUT2D eigenvalue weighted by atomic mass is 10.1. The lowest BCUT2D eigenvalue weighted by Gasteiger charge is -2.20. The van der Waals surface area contributed by atoms with Gasteiger partial charge in [-0.1, -0.05) is 12.1 Å². The van der Waals surface area contributed by atoms with Gasteiger partial charge in [0.1, 0.15) is 17.5 Å². The summed E-state index contributed by atoms with van der Waals surface area (Å²) in [4.78, 5) is 5.81. The van der Waals surface area contributed by atoms with Crippen molar-refractivity contribution in [3.8, 4) is 11.5 Å². The molecule has 0 aliphatic carbocycles. The summed E-state index contributed by atoms with van der Waals surface area (Å²) in [6, 6.07) is 15.6. The number of aromatic hydroxyl groups is 1. The first kappa shape index (κ1) is 16.0. The maximum absolute atomic E-state index is 9.75. The molecule has 2 N–H and O–H groups in total. The molecular formula is C18H23N2O2+. The van der Waals surface area contributed by atoms with E-state index in [1.807, 2.05) is 24.3 Å². The number of phenolic OH excluding ortho intramolecular Hbond substituents is 1. The van der Waals surface area contributed by atoms with E-state index in [1.165, 1.54) is 10.5 Å². The third-order valence-corrected chi connectivity index (χ3v) is 3.67. The molecule has 0 aliphatic heterocycles. The fraction of sp³-hybridized carbons (Fsp3) is 0.278. The number of likely N-dealkylation sites (N-methyl/N-ethyl adjacent to an activating group) is 1. The molecule has 0 unspecified atom stereocenters. The minimum atomic E-state index is 0.254. The highest BCUT2D eigenvalue weighted by atomic mass is 16.5. The number of methoxy groups -OCH3 is 1. The molecule has 2 aromatic carbocycles. The van der Waals surface area contributed by atoms with Crippen LogP contribution < -0.4 is 9.64 Å². The Morgan fingerprint density at radius 1 is 1.14 bits per heavy atom. The van der Waals surface area contributed by atoms with Crippen molar-refractivity contribution >= 4 is 6.21 Å². The topological polar surface area (TPSA) is 46.3 Å². The Balaban J connectivity index is 2.10. The Kier molecular flexibility index (Phi) is 5.55. The predicted octanol–water partition coefficient (Wildman–Crippen LogP) is 1.71. The highest BCUT2D eigenvalue weighted by Gasteiger charge is 2.16. The van der Waals surface area contributed by atoms with Gasteiger partial charge in [0.05, 0.1) is 27.7 Å². The number of nitrogens with zero attached hydrogens (tertiary/aromatic N) is 1. The molecule has 22 heavy (non-hydrogen) atoms. The standard InChI is InChI=1S/C18H22N2O2/c1-20(2)17(14-8-10-16(22-3)11-9-14)13-19-12-15-6-4-5-7-18(15)21/h4-12,17,21H,13H2,1-3H3/p+1/t17-/m1/s1. The third-order valence-electron chi connectivity index (χ3n) is 3.67. The van der Waals surface area contributed by atoms with E-state index in [0.29, 0.717) is 6.54 Å². The lowest BCUT2D eigenvalue weighted by molar-refractivity contribution is -0.890. The number of benzene rings is 2. The average molecular weight is 299 g/mol. The number of hydrogen-bond acceptors (Lipinski definition) is 3. The van der Waals surface area contributed by atoms with E-state index in [0.717, 1.165) is 11.3 Å². The molecular weight excluding hydrogens is 276 g/mol. The number of quaternary nitrogens is 1. The molecule has 116 valence electrons. The molecule has 0 heterocycles. The zero-order valence-electron chi connectivity index (χ0n) is 13.3. The normalized spacial score (nSPS) is 12.7. The van der Waals surface area contributed by atoms with Crippen LogP contribution in [0.2, 0.25) is 0 Å². The maximum atomic E-state index is 9.75. The summed E-state index contributed by atoms with van der Waals surface area (Å²) >= 11 is 0. The van der Waals surface area contributed by atoms with Gasteiger partial charge in [-0.2, -0.15) is 0 Å². The Morgan fingerprint density at radius 3 is 2.41 bits per heavy atom. The van der Waals surface area contributed by atoms with E-state index >= 15 is 0 Å². The van der Waals surface area contributed by atoms with Crippen molar-refractivity contribution in [3.63, 3.8) is 0 Å². The van der Waals surface area contributed by atoms with Gasteiger partial charge in [0.25, 0.3) is 0 Å². The number of nitrogens with one attached hydrogen (secondary N) is 1. The summed E-state index contributed by atoms with van der Waals surface area (Å²) in [6.07, 6.45) is 1.73. The molecule has 0 spiro atoms. The molecule has 0 aromatic heterocycles. The smallest absolute Gasteiger partial charge is 0.132 e. The second kappa shape index (κ2) is 7.61. The molecule has 0 radical (unpaired) electrons. The van der Waals surface area contributed by atoms with Crippen LogP contribution in [-0.2, 0) is 0 Å². The fourth-order valence-electron chi connectivity index (χ4n) is 2.31. The summed E-state index contributed by atoms with van der Waals surface area (Å²) in [5.41, 5.74) is 1.96. The van der Waals surface area contributed by atoms with Gasteiger partial charge < -0.3 is 14.7 Å². The highest BCUT2D eigenvalue weighted by Crippen LogP contribution is 2.17. The van der Waals surface area contributed by atoms with Gasteiger partial charge >= 0.3 is 0 Å². The third kappa shape index (κ3) is 4.09. The maximum Gasteiger partial charge on any atom is 0.132 e. The van der Waals surface area contributed by atoms with Gasteiger partial charge in [-0.05, 0) is 36.4 Å². The number of aliphatic imine (C=N–C) groups is 1. The number of para-hydroxylation sites is 1. The van der Waals surface area contributed by atoms with Gasteiger partial charge in [-0.15, -0.1) is 0 Å². The van der Waals surface area contributed by atoms with E-state index in [-0.39, 0.29) is 11.8 Å². The van der Waals surface area contributed by atoms with Crippen molar-refractivity contribution in [1.82, 2.24) is 0 Å². The van der Waals surface area contributed by atoms with Crippen molar-refractivity contribution in [2.45, 2.75) is 6.04 Å². The molecule has 4 nitrogen and oxygen atoms in total. The Morgan fingerprint density at radius 2 is 1.82 bits per heavy atom. The van der Waals surface area contributed by atoms with Crippen LogP contribution in [0.3, 0.4) is 0 Å². The minimum Gasteiger partial charge on any atom is -0.507 e. The summed E-state index contributed by atoms with van der Waals surface area (Å²) in [5.74, 6) is 1.11. The van der Waals surface area contributed by atoms with Crippen LogP contribution in [0.25, 0.3) is 0 Å². The van der Waals surface area contributed by atoms with Crippen LogP contribution >= 0.6 is 0 Å². The molecule has 1 atom stereocenters. The number of rotatable bonds is 6. The van der Waals surface area contributed by atoms with Crippen LogP contribution in [0.1, 0.15) is 17.2 Å². The molecule has 0 fully saturated rings. The second-order valence-corrected chi connectivity index (χ2v) is 5.46. The SMILES string of the molecule is COc1ccc([C@@H](CN=Cc2ccccc2O)[NH+](C)C)cc1. The van der Waals surface area contributed by atoms with Gasteiger partial charge in [0.15, 0.2) is 0 Å². The molecule has 0 saturated carbocycles. The van der Waals surface area contributed by atoms with Crippen LogP contribution in [0.15, 0.2) is 53.5 Å². The van der Waals surface area contributed by atoms with Gasteiger partial charge in [0.2, 0.25) is 0 Å². The monoisotopic (exact) mass is 299 g/mol. The van der Waals surface area contributed by atoms with Crippen molar-refractivity contribution in [1.29, 1.82) is 0 Å². The van der Waals surface area contributed by atoms with Gasteiger partial charge in [0, 0.05) is 17.3 Å². The van der Waals surface area contributed by atoms with Crippen molar-refractivity contribution in [2.24, 2.45) is 4.99 Å². The summed E-state index contributed by atoms with van der Waals surface area (Å²) < 4.78 is 5.20. The van der Waals surface area contributed by atoms with Crippen molar-refractivity contribution < 1.29 is 14.7 Å².